The van der Waals surface area contributed by atoms with Crippen molar-refractivity contribution in [3.8, 4) is 5.75 Å². The Hall–Kier alpha value is -3.20. The van der Waals surface area contributed by atoms with Crippen molar-refractivity contribution < 1.29 is 39.0 Å². The van der Waals surface area contributed by atoms with Crippen LogP contribution in [-0.2, 0) is 35.8 Å². The van der Waals surface area contributed by atoms with E-state index in [2.05, 4.69) is 0 Å². The zero-order valence-corrected chi connectivity index (χ0v) is 24.0. The number of nitrogens with two attached hydrogens (primary N) is 1. The van der Waals surface area contributed by atoms with Crippen molar-refractivity contribution in [2.75, 3.05) is 0 Å². The number of aromatic hydroxyl groups is 1. The molecule has 7 atom stereocenters. The molecule has 1 aromatic carbocycles. The van der Waals surface area contributed by atoms with Gasteiger partial charge in [0.05, 0.1) is 11.5 Å². The zero-order chi connectivity index (χ0) is 30.1. The first-order chi connectivity index (χ1) is 18.5. The van der Waals surface area contributed by atoms with Crippen LogP contribution in [0.3, 0.4) is 0 Å². The van der Waals surface area contributed by atoms with E-state index in [0.29, 0.717) is 17.5 Å². The number of phenolic OH excluding ortho intramolecular Hbond substituents is 1. The lowest BCUT2D eigenvalue weighted by atomic mass is 9.47. The second-order valence-electron chi connectivity index (χ2n) is 12.8. The van der Waals surface area contributed by atoms with E-state index in [1.165, 1.54) is 0 Å². The van der Waals surface area contributed by atoms with Gasteiger partial charge in [-0.05, 0) is 40.7 Å². The summed E-state index contributed by atoms with van der Waals surface area (Å²) in [4.78, 5) is 79.8. The van der Waals surface area contributed by atoms with Crippen LogP contribution in [0.25, 0.3) is 0 Å². The number of ketones is 5. The standard InChI is InChI=1S/C31H39NO8/c1-7-9-14-10-18(30(4,5)6)25(35)23-20(14)13(3)21-16(11-15(33)8-2)17-12-19(34)22(29(32)39)27(37)31(17,40)28(38)24(21)26(23)36/h10,13,16-17,21-22,24,35,40H,7-9,11-12H2,1-6H3,(H2,32,39)/t13-,16+,17+,21-,22?,24?,31+/m0/s1. The Morgan fingerprint density at radius 2 is 1.73 bits per heavy atom. The minimum atomic E-state index is -2.83. The van der Waals surface area contributed by atoms with Gasteiger partial charge in [0.2, 0.25) is 5.91 Å². The Balaban J connectivity index is 2.02. The Bertz CT molecular complexity index is 1340. The van der Waals surface area contributed by atoms with Crippen LogP contribution >= 0.6 is 0 Å². The SMILES string of the molecule is CCCc1cc(C(C)(C)C)c(O)c2c1[C@H](C)[C@@H]1C(C2=O)C(=O)[C@]2(O)C(=O)C(C(N)=O)C(=O)C[C@@H]2[C@H]1CC(=O)CC. The quantitative estimate of drug-likeness (QED) is 0.452. The lowest BCUT2D eigenvalue weighted by Crippen LogP contribution is -2.71. The minimum Gasteiger partial charge on any atom is -0.507 e. The number of primary amides is 1. The molecule has 9 heteroatoms. The maximum absolute atomic E-state index is 14.3. The molecule has 0 aromatic heterocycles. The monoisotopic (exact) mass is 553 g/mol. The number of carbonyl (C=O) groups excluding carboxylic acids is 6. The third kappa shape index (κ3) is 4.16. The van der Waals surface area contributed by atoms with Gasteiger partial charge in [0.25, 0.3) is 0 Å². The maximum Gasteiger partial charge on any atom is 0.235 e. The number of fused-ring (bicyclic) bond motifs is 3. The third-order valence-corrected chi connectivity index (χ3v) is 9.43. The fourth-order valence-corrected chi connectivity index (χ4v) is 7.56. The molecule has 0 aliphatic heterocycles. The molecule has 2 unspecified atom stereocenters. The highest BCUT2D eigenvalue weighted by atomic mass is 16.3. The predicted octanol–water partition coefficient (Wildman–Crippen LogP) is 2.73. The fourth-order valence-electron chi connectivity index (χ4n) is 7.56. The number of carbonyl (C=O) groups is 6. The number of hydrogen-bond donors (Lipinski definition) is 3. The summed E-state index contributed by atoms with van der Waals surface area (Å²) in [6.45, 7) is 11.2. The van der Waals surface area contributed by atoms with Crippen LogP contribution < -0.4 is 5.73 Å². The minimum absolute atomic E-state index is 0.00591. The van der Waals surface area contributed by atoms with Crippen LogP contribution in [0.15, 0.2) is 6.07 Å². The molecule has 1 amide bonds. The van der Waals surface area contributed by atoms with Gasteiger partial charge in [-0.1, -0.05) is 54.0 Å². The smallest absolute Gasteiger partial charge is 0.235 e. The molecule has 0 heterocycles. The molecule has 1 aromatic rings. The van der Waals surface area contributed by atoms with Gasteiger partial charge in [-0.15, -0.1) is 0 Å². The molecule has 9 nitrogen and oxygen atoms in total. The molecule has 0 spiro atoms. The summed E-state index contributed by atoms with van der Waals surface area (Å²) >= 11 is 0. The lowest BCUT2D eigenvalue weighted by molar-refractivity contribution is -0.183. The number of aliphatic hydroxyl groups is 1. The van der Waals surface area contributed by atoms with Gasteiger partial charge in [-0.3, -0.25) is 28.8 Å². The van der Waals surface area contributed by atoms with Crippen molar-refractivity contribution in [2.45, 2.75) is 90.6 Å². The molecule has 0 bridgehead atoms. The van der Waals surface area contributed by atoms with Crippen LogP contribution in [0.2, 0.25) is 0 Å². The second kappa shape index (κ2) is 10.0. The first-order valence-corrected chi connectivity index (χ1v) is 14.1. The molecule has 2 saturated carbocycles. The number of hydrogen-bond acceptors (Lipinski definition) is 8. The van der Waals surface area contributed by atoms with Gasteiger partial charge >= 0.3 is 0 Å². The lowest BCUT2D eigenvalue weighted by Gasteiger charge is -2.55. The summed E-state index contributed by atoms with van der Waals surface area (Å²) in [6.07, 6.45) is 0.872. The number of phenols is 1. The van der Waals surface area contributed by atoms with E-state index >= 15 is 0 Å². The van der Waals surface area contributed by atoms with Crippen molar-refractivity contribution in [3.63, 3.8) is 0 Å². The molecule has 216 valence electrons. The maximum atomic E-state index is 14.3. The van der Waals surface area contributed by atoms with E-state index in [0.717, 1.165) is 12.0 Å². The number of amides is 1. The van der Waals surface area contributed by atoms with E-state index < -0.39 is 82.0 Å². The van der Waals surface area contributed by atoms with Gasteiger partial charge in [-0.2, -0.15) is 0 Å². The summed E-state index contributed by atoms with van der Waals surface area (Å²) < 4.78 is 0. The highest BCUT2D eigenvalue weighted by Crippen LogP contribution is 2.58. The van der Waals surface area contributed by atoms with Crippen molar-refractivity contribution in [2.24, 2.45) is 35.3 Å². The van der Waals surface area contributed by atoms with Crippen LogP contribution in [0.1, 0.15) is 100 Å². The normalized spacial score (nSPS) is 31.9. The summed E-state index contributed by atoms with van der Waals surface area (Å²) in [5, 5.41) is 23.3. The summed E-state index contributed by atoms with van der Waals surface area (Å²) in [5.74, 6) is -12.7. The van der Waals surface area contributed by atoms with E-state index in [9.17, 15) is 39.0 Å². The number of rotatable bonds is 6. The predicted molar refractivity (Wildman–Crippen MR) is 145 cm³/mol. The largest absolute Gasteiger partial charge is 0.507 e. The zero-order valence-electron chi connectivity index (χ0n) is 24.0. The van der Waals surface area contributed by atoms with Crippen LogP contribution in [0, 0.1) is 29.6 Å². The molecule has 3 aliphatic rings. The van der Waals surface area contributed by atoms with Gasteiger partial charge < -0.3 is 15.9 Å². The number of benzene rings is 1. The van der Waals surface area contributed by atoms with Crippen molar-refractivity contribution >= 4 is 34.8 Å². The van der Waals surface area contributed by atoms with Crippen molar-refractivity contribution in [1.82, 2.24) is 0 Å². The molecule has 4 N–H and O–H groups in total. The van der Waals surface area contributed by atoms with E-state index in [1.807, 2.05) is 40.7 Å². The highest BCUT2D eigenvalue weighted by molar-refractivity contribution is 6.31. The Labute approximate surface area is 233 Å². The summed E-state index contributed by atoms with van der Waals surface area (Å²) in [7, 11) is 0. The molecular weight excluding hydrogens is 514 g/mol. The van der Waals surface area contributed by atoms with Crippen LogP contribution in [-0.4, -0.2) is 50.6 Å². The van der Waals surface area contributed by atoms with E-state index in [1.54, 1.807) is 6.92 Å². The third-order valence-electron chi connectivity index (χ3n) is 9.43. The van der Waals surface area contributed by atoms with Crippen LogP contribution in [0.4, 0.5) is 0 Å². The first kappa shape index (κ1) is 29.8. The second-order valence-corrected chi connectivity index (χ2v) is 12.8. The first-order valence-electron chi connectivity index (χ1n) is 14.1. The molecule has 0 radical (unpaired) electrons. The highest BCUT2D eigenvalue weighted by Gasteiger charge is 2.70. The molecular formula is C31H39NO8. The molecule has 0 saturated heterocycles. The summed E-state index contributed by atoms with van der Waals surface area (Å²) in [5.41, 5.74) is 3.97. The fraction of sp³-hybridized carbons (Fsp3) is 0.613. The Morgan fingerprint density at radius 1 is 1.10 bits per heavy atom. The number of aryl methyl sites for hydroxylation is 1. The molecule has 40 heavy (non-hydrogen) atoms. The molecule has 2 fully saturated rings. The molecule has 4 rings (SSSR count). The van der Waals surface area contributed by atoms with E-state index in [-0.39, 0.29) is 29.9 Å². The van der Waals surface area contributed by atoms with Gasteiger partial charge in [-0.25, -0.2) is 0 Å². The van der Waals surface area contributed by atoms with Gasteiger partial charge in [0.15, 0.2) is 34.7 Å². The topological polar surface area (TPSA) is 169 Å². The van der Waals surface area contributed by atoms with Gasteiger partial charge in [0, 0.05) is 30.7 Å². The van der Waals surface area contributed by atoms with Crippen LogP contribution in [0.5, 0.6) is 5.75 Å². The van der Waals surface area contributed by atoms with Crippen molar-refractivity contribution in [3.05, 3.63) is 28.3 Å². The van der Waals surface area contributed by atoms with Gasteiger partial charge in [0.1, 0.15) is 11.5 Å². The number of Topliss-reactive ketones (excluding diaryl/α,β-unsaturated/α-hetero) is 5. The Kier molecular flexibility index (Phi) is 7.45. The van der Waals surface area contributed by atoms with E-state index in [4.69, 9.17) is 5.73 Å². The van der Waals surface area contributed by atoms with Crippen molar-refractivity contribution in [1.29, 1.82) is 0 Å². The molecule has 3 aliphatic carbocycles. The Morgan fingerprint density at radius 3 is 2.25 bits per heavy atom. The average Bonchev–Trinajstić information content (AvgIpc) is 2.85. The summed E-state index contributed by atoms with van der Waals surface area (Å²) in [6, 6.07) is 1.90. The average molecular weight is 554 g/mol.